The molecule has 1 N–H and O–H groups in total. The number of carbonyl (C=O) groups excluding carboxylic acids is 2. The monoisotopic (exact) mass is 426 g/mol. The van der Waals surface area contributed by atoms with Crippen molar-refractivity contribution in [2.75, 3.05) is 44.0 Å². The molecule has 12 heteroatoms. The molecule has 28 heavy (non-hydrogen) atoms. The van der Waals surface area contributed by atoms with E-state index >= 15 is 0 Å². The van der Waals surface area contributed by atoms with Crippen molar-refractivity contribution in [1.29, 1.82) is 0 Å². The van der Waals surface area contributed by atoms with Crippen molar-refractivity contribution in [3.8, 4) is 5.88 Å². The Hall–Kier alpha value is -2.18. The van der Waals surface area contributed by atoms with E-state index in [1.807, 2.05) is 13.8 Å². The zero-order valence-corrected chi connectivity index (χ0v) is 17.3. The summed E-state index contributed by atoms with van der Waals surface area (Å²) < 4.78 is 12.9. The Labute approximate surface area is 170 Å². The molecule has 3 rings (SSSR count). The minimum atomic E-state index is -0.361. The summed E-state index contributed by atoms with van der Waals surface area (Å²) >= 11 is 2.53. The highest BCUT2D eigenvalue weighted by Crippen LogP contribution is 2.27. The Morgan fingerprint density at radius 2 is 2.11 bits per heavy atom. The molecular weight excluding hydrogens is 404 g/mol. The second-order valence-corrected chi connectivity index (χ2v) is 7.95. The van der Waals surface area contributed by atoms with Crippen molar-refractivity contribution in [3.63, 3.8) is 0 Å². The molecule has 1 aliphatic heterocycles. The van der Waals surface area contributed by atoms with Crippen LogP contribution in [0, 0.1) is 0 Å². The number of anilines is 1. The number of nitrogens with one attached hydrogen (secondary N) is 1. The first-order chi connectivity index (χ1) is 13.6. The van der Waals surface area contributed by atoms with Crippen LogP contribution in [0.5, 0.6) is 5.88 Å². The summed E-state index contributed by atoms with van der Waals surface area (Å²) in [6.07, 6.45) is 1.64. The number of ether oxygens (including phenoxy) is 2. The fraction of sp³-hybridized carbons (Fsp3) is 0.562. The molecule has 0 aromatic carbocycles. The van der Waals surface area contributed by atoms with Crippen LogP contribution in [0.3, 0.4) is 0 Å². The molecule has 10 nitrogen and oxygen atoms in total. The molecule has 3 heterocycles. The van der Waals surface area contributed by atoms with E-state index in [4.69, 9.17) is 9.47 Å². The Morgan fingerprint density at radius 1 is 1.32 bits per heavy atom. The molecular formula is C16H22N6O4S2. The van der Waals surface area contributed by atoms with Gasteiger partial charge in [-0.25, -0.2) is 0 Å². The zero-order chi connectivity index (χ0) is 19.9. The molecule has 0 atom stereocenters. The maximum atomic E-state index is 12.5. The summed E-state index contributed by atoms with van der Waals surface area (Å²) in [7, 11) is 0. The van der Waals surface area contributed by atoms with E-state index in [9.17, 15) is 9.59 Å². The SMILES string of the molecule is CCOc1nn(CC)cc1C(=O)Nc1nnc(SCC(=O)N2CCOCC2)s1. The van der Waals surface area contributed by atoms with E-state index in [-0.39, 0.29) is 23.4 Å². The van der Waals surface area contributed by atoms with Gasteiger partial charge in [-0.2, -0.15) is 0 Å². The fourth-order valence-corrected chi connectivity index (χ4v) is 4.13. The Bertz CT molecular complexity index is 818. The summed E-state index contributed by atoms with van der Waals surface area (Å²) in [5.41, 5.74) is 0.343. The quantitative estimate of drug-likeness (QED) is 0.497. The highest BCUT2D eigenvalue weighted by Gasteiger charge is 2.20. The van der Waals surface area contributed by atoms with Crippen LogP contribution in [0.1, 0.15) is 24.2 Å². The number of aromatic nitrogens is 4. The molecule has 0 unspecified atom stereocenters. The minimum absolute atomic E-state index is 0.0439. The third kappa shape index (κ3) is 5.20. The van der Waals surface area contributed by atoms with Crippen LogP contribution in [-0.4, -0.2) is 75.4 Å². The third-order valence-corrected chi connectivity index (χ3v) is 5.84. The van der Waals surface area contributed by atoms with Crippen LogP contribution in [0.2, 0.25) is 0 Å². The van der Waals surface area contributed by atoms with Gasteiger partial charge in [0.25, 0.3) is 5.91 Å². The highest BCUT2D eigenvalue weighted by molar-refractivity contribution is 8.01. The summed E-state index contributed by atoms with van der Waals surface area (Å²) in [5, 5.41) is 15.3. The van der Waals surface area contributed by atoms with Gasteiger partial charge in [0.05, 0.1) is 25.6 Å². The van der Waals surface area contributed by atoms with Gasteiger partial charge in [-0.3, -0.25) is 19.6 Å². The number of carbonyl (C=O) groups is 2. The van der Waals surface area contributed by atoms with Crippen molar-refractivity contribution in [3.05, 3.63) is 11.8 Å². The number of hydrogen-bond donors (Lipinski definition) is 1. The van der Waals surface area contributed by atoms with Crippen LogP contribution in [0.25, 0.3) is 0 Å². The van der Waals surface area contributed by atoms with Gasteiger partial charge in [-0.15, -0.1) is 15.3 Å². The average molecular weight is 427 g/mol. The Kier molecular flexibility index (Phi) is 7.23. The summed E-state index contributed by atoms with van der Waals surface area (Å²) in [5.74, 6) is 0.250. The van der Waals surface area contributed by atoms with Crippen molar-refractivity contribution in [2.45, 2.75) is 24.7 Å². The number of morpholine rings is 1. The van der Waals surface area contributed by atoms with Gasteiger partial charge in [-0.05, 0) is 13.8 Å². The molecule has 1 fully saturated rings. The van der Waals surface area contributed by atoms with E-state index in [0.717, 1.165) is 0 Å². The lowest BCUT2D eigenvalue weighted by molar-refractivity contribution is -0.132. The van der Waals surface area contributed by atoms with Gasteiger partial charge in [-0.1, -0.05) is 23.1 Å². The smallest absolute Gasteiger partial charge is 0.264 e. The molecule has 0 aliphatic carbocycles. The number of rotatable bonds is 8. The molecule has 152 valence electrons. The van der Waals surface area contributed by atoms with E-state index in [1.165, 1.54) is 23.1 Å². The average Bonchev–Trinajstić information content (AvgIpc) is 3.34. The Balaban J connectivity index is 1.56. The first-order valence-electron chi connectivity index (χ1n) is 8.94. The predicted octanol–water partition coefficient (Wildman–Crippen LogP) is 1.36. The van der Waals surface area contributed by atoms with E-state index < -0.39 is 0 Å². The van der Waals surface area contributed by atoms with Gasteiger partial charge in [0, 0.05) is 25.8 Å². The summed E-state index contributed by atoms with van der Waals surface area (Å²) in [4.78, 5) is 26.5. The van der Waals surface area contributed by atoms with Crippen LogP contribution < -0.4 is 10.1 Å². The van der Waals surface area contributed by atoms with E-state index in [0.29, 0.717) is 54.5 Å². The summed E-state index contributed by atoms with van der Waals surface area (Å²) in [6, 6.07) is 0. The first-order valence-corrected chi connectivity index (χ1v) is 10.7. The van der Waals surface area contributed by atoms with E-state index in [2.05, 4.69) is 20.6 Å². The number of hydrogen-bond acceptors (Lipinski definition) is 9. The zero-order valence-electron chi connectivity index (χ0n) is 15.7. The van der Waals surface area contributed by atoms with Crippen LogP contribution >= 0.6 is 23.1 Å². The third-order valence-electron chi connectivity index (χ3n) is 3.89. The highest BCUT2D eigenvalue weighted by atomic mass is 32.2. The number of aryl methyl sites for hydroxylation is 1. The number of amides is 2. The van der Waals surface area contributed by atoms with Gasteiger partial charge in [0.15, 0.2) is 4.34 Å². The maximum absolute atomic E-state index is 12.5. The summed E-state index contributed by atoms with van der Waals surface area (Å²) in [6.45, 7) is 7.18. The van der Waals surface area contributed by atoms with Crippen molar-refractivity contribution in [1.82, 2.24) is 24.9 Å². The molecule has 0 radical (unpaired) electrons. The van der Waals surface area contributed by atoms with Crippen molar-refractivity contribution >= 4 is 40.0 Å². The second-order valence-electron chi connectivity index (χ2n) is 5.75. The maximum Gasteiger partial charge on any atom is 0.264 e. The van der Waals surface area contributed by atoms with Gasteiger partial charge < -0.3 is 14.4 Å². The van der Waals surface area contributed by atoms with E-state index in [1.54, 1.807) is 15.8 Å². The van der Waals surface area contributed by atoms with Crippen LogP contribution in [-0.2, 0) is 16.1 Å². The normalized spacial score (nSPS) is 14.1. The molecule has 1 saturated heterocycles. The number of nitrogens with zero attached hydrogens (tertiary/aromatic N) is 5. The first kappa shape index (κ1) is 20.6. The van der Waals surface area contributed by atoms with Gasteiger partial charge in [0.1, 0.15) is 5.56 Å². The van der Waals surface area contributed by atoms with Crippen LogP contribution in [0.4, 0.5) is 5.13 Å². The molecule has 2 aromatic rings. The molecule has 2 aromatic heterocycles. The minimum Gasteiger partial charge on any atom is -0.476 e. The molecule has 0 bridgehead atoms. The lowest BCUT2D eigenvalue weighted by atomic mass is 10.3. The predicted molar refractivity (Wildman–Crippen MR) is 105 cm³/mol. The fourth-order valence-electron chi connectivity index (χ4n) is 2.48. The lowest BCUT2D eigenvalue weighted by Crippen LogP contribution is -2.41. The largest absolute Gasteiger partial charge is 0.476 e. The standard InChI is InChI=1S/C16H22N6O4S2/c1-3-22-9-11(14(20-22)26-4-2)13(24)17-15-18-19-16(28-15)27-10-12(23)21-5-7-25-8-6-21/h9H,3-8,10H2,1-2H3,(H,17,18,24). The van der Waals surface area contributed by atoms with Crippen LogP contribution in [0.15, 0.2) is 10.5 Å². The molecule has 0 saturated carbocycles. The van der Waals surface area contributed by atoms with Gasteiger partial charge >= 0.3 is 0 Å². The van der Waals surface area contributed by atoms with Crippen molar-refractivity contribution < 1.29 is 19.1 Å². The topological polar surface area (TPSA) is 111 Å². The second kappa shape index (κ2) is 9.85. The van der Waals surface area contributed by atoms with Crippen molar-refractivity contribution in [2.24, 2.45) is 0 Å². The lowest BCUT2D eigenvalue weighted by Gasteiger charge is -2.26. The molecule has 0 spiro atoms. The number of thioether (sulfide) groups is 1. The molecule has 2 amide bonds. The van der Waals surface area contributed by atoms with Gasteiger partial charge in [0.2, 0.25) is 16.9 Å². The Morgan fingerprint density at radius 3 is 2.82 bits per heavy atom. The molecule has 1 aliphatic rings.